The molecule has 3 rings (SSSR count). The summed E-state index contributed by atoms with van der Waals surface area (Å²) >= 11 is 0. The van der Waals surface area contributed by atoms with Crippen molar-refractivity contribution in [1.29, 1.82) is 0 Å². The number of likely N-dealkylation sites (tertiary alicyclic amines) is 1. The summed E-state index contributed by atoms with van der Waals surface area (Å²) in [5.41, 5.74) is 6.76. The lowest BCUT2D eigenvalue weighted by Crippen LogP contribution is -2.45. The maximum atomic E-state index is 12.2. The van der Waals surface area contributed by atoms with Gasteiger partial charge in [0.2, 0.25) is 17.6 Å². The molecule has 0 unspecified atom stereocenters. The van der Waals surface area contributed by atoms with Crippen LogP contribution in [-0.2, 0) is 11.2 Å². The van der Waals surface area contributed by atoms with E-state index in [1.807, 2.05) is 29.2 Å². The Morgan fingerprint density at radius 2 is 2.21 bits per heavy atom. The maximum absolute atomic E-state index is 12.2. The molecule has 2 heterocycles. The molecule has 128 valence electrons. The Balaban J connectivity index is 1.56. The van der Waals surface area contributed by atoms with E-state index in [9.17, 15) is 4.79 Å². The Morgan fingerprint density at radius 1 is 1.42 bits per heavy atom. The van der Waals surface area contributed by atoms with Gasteiger partial charge in [-0.1, -0.05) is 5.16 Å². The van der Waals surface area contributed by atoms with Crippen LogP contribution in [0.2, 0.25) is 0 Å². The maximum Gasteiger partial charge on any atom is 0.227 e. The largest absolute Gasteiger partial charge is 0.497 e. The third-order valence-corrected chi connectivity index (χ3v) is 4.18. The van der Waals surface area contributed by atoms with E-state index in [0.717, 1.165) is 30.7 Å². The first-order valence-electron chi connectivity index (χ1n) is 8.16. The second-order valence-corrected chi connectivity index (χ2v) is 5.98. The number of nitrogens with zero attached hydrogens (tertiary/aromatic N) is 3. The van der Waals surface area contributed by atoms with Crippen molar-refractivity contribution in [2.75, 3.05) is 20.2 Å². The number of nitrogens with two attached hydrogens (primary N) is 1. The van der Waals surface area contributed by atoms with E-state index >= 15 is 0 Å². The van der Waals surface area contributed by atoms with Gasteiger partial charge in [0.1, 0.15) is 5.75 Å². The molecule has 24 heavy (non-hydrogen) atoms. The molecule has 7 nitrogen and oxygen atoms in total. The SMILES string of the molecule is COc1ccc(-c2noc(CCC(=O)N3CCC[C@@H](N)C3)n2)cc1. The minimum Gasteiger partial charge on any atom is -0.497 e. The first kappa shape index (κ1) is 16.4. The minimum atomic E-state index is 0.0905. The quantitative estimate of drug-likeness (QED) is 0.895. The number of amides is 1. The second kappa shape index (κ2) is 7.44. The molecule has 2 aromatic rings. The Bertz CT molecular complexity index is 683. The molecule has 0 bridgehead atoms. The van der Waals surface area contributed by atoms with Gasteiger partial charge in [0.15, 0.2) is 0 Å². The first-order valence-corrected chi connectivity index (χ1v) is 8.16. The summed E-state index contributed by atoms with van der Waals surface area (Å²) in [6.45, 7) is 1.42. The molecule has 0 aliphatic carbocycles. The van der Waals surface area contributed by atoms with Gasteiger partial charge < -0.3 is 19.9 Å². The normalized spacial score (nSPS) is 17.8. The monoisotopic (exact) mass is 330 g/mol. The molecule has 0 saturated carbocycles. The van der Waals surface area contributed by atoms with Crippen molar-refractivity contribution in [2.24, 2.45) is 5.73 Å². The van der Waals surface area contributed by atoms with E-state index in [1.54, 1.807) is 7.11 Å². The number of methoxy groups -OCH3 is 1. The van der Waals surface area contributed by atoms with E-state index in [0.29, 0.717) is 31.1 Å². The van der Waals surface area contributed by atoms with Crippen molar-refractivity contribution < 1.29 is 14.1 Å². The average Bonchev–Trinajstić information content (AvgIpc) is 3.09. The van der Waals surface area contributed by atoms with Gasteiger partial charge in [-0.15, -0.1) is 0 Å². The molecule has 2 N–H and O–H groups in total. The highest BCUT2D eigenvalue weighted by atomic mass is 16.5. The van der Waals surface area contributed by atoms with E-state index in [4.69, 9.17) is 15.0 Å². The first-order chi connectivity index (χ1) is 11.7. The number of rotatable bonds is 5. The molecular formula is C17H22N4O3. The summed E-state index contributed by atoms with van der Waals surface area (Å²) in [6.07, 6.45) is 2.75. The lowest BCUT2D eigenvalue weighted by Gasteiger charge is -2.30. The van der Waals surface area contributed by atoms with Crippen molar-refractivity contribution >= 4 is 5.91 Å². The van der Waals surface area contributed by atoms with Gasteiger partial charge in [-0.3, -0.25) is 4.79 Å². The number of aromatic nitrogens is 2. The zero-order valence-electron chi connectivity index (χ0n) is 13.8. The van der Waals surface area contributed by atoms with Crippen LogP contribution in [0.15, 0.2) is 28.8 Å². The van der Waals surface area contributed by atoms with E-state index in [1.165, 1.54) is 0 Å². The van der Waals surface area contributed by atoms with Gasteiger partial charge in [0, 0.05) is 37.5 Å². The summed E-state index contributed by atoms with van der Waals surface area (Å²) in [5.74, 6) is 1.85. The van der Waals surface area contributed by atoms with Crippen LogP contribution in [-0.4, -0.2) is 47.2 Å². The number of aryl methyl sites for hydroxylation is 1. The Kier molecular flexibility index (Phi) is 5.10. The van der Waals surface area contributed by atoms with Crippen LogP contribution < -0.4 is 10.5 Å². The molecule has 1 saturated heterocycles. The number of ether oxygens (including phenoxy) is 1. The van der Waals surface area contributed by atoms with E-state index < -0.39 is 0 Å². The summed E-state index contributed by atoms with van der Waals surface area (Å²) in [4.78, 5) is 18.4. The van der Waals surface area contributed by atoms with E-state index in [2.05, 4.69) is 10.1 Å². The lowest BCUT2D eigenvalue weighted by atomic mass is 10.1. The summed E-state index contributed by atoms with van der Waals surface area (Å²) in [7, 11) is 1.62. The zero-order chi connectivity index (χ0) is 16.9. The smallest absolute Gasteiger partial charge is 0.227 e. The topological polar surface area (TPSA) is 94.5 Å². The summed E-state index contributed by atoms with van der Waals surface area (Å²) in [6, 6.07) is 7.51. The molecule has 0 spiro atoms. The summed E-state index contributed by atoms with van der Waals surface area (Å²) < 4.78 is 10.4. The number of benzene rings is 1. The standard InChI is InChI=1S/C17H22N4O3/c1-23-14-6-4-12(5-7-14)17-19-15(24-20-17)8-9-16(22)21-10-2-3-13(18)11-21/h4-7,13H,2-3,8-11,18H2,1H3/t13-/m1/s1. The molecule has 1 aromatic heterocycles. The molecule has 0 radical (unpaired) electrons. The zero-order valence-corrected chi connectivity index (χ0v) is 13.8. The lowest BCUT2D eigenvalue weighted by molar-refractivity contribution is -0.132. The Morgan fingerprint density at radius 3 is 2.92 bits per heavy atom. The molecule has 1 fully saturated rings. The fourth-order valence-electron chi connectivity index (χ4n) is 2.82. The molecule has 1 aliphatic rings. The molecule has 1 aromatic carbocycles. The van der Waals surface area contributed by atoms with Crippen molar-refractivity contribution in [3.8, 4) is 17.1 Å². The highest BCUT2D eigenvalue weighted by molar-refractivity contribution is 5.76. The third kappa shape index (κ3) is 3.91. The van der Waals surface area contributed by atoms with Gasteiger partial charge in [-0.05, 0) is 37.1 Å². The Hall–Kier alpha value is -2.41. The molecule has 1 amide bonds. The van der Waals surface area contributed by atoms with Crippen LogP contribution in [0.5, 0.6) is 5.75 Å². The molecule has 1 aliphatic heterocycles. The van der Waals surface area contributed by atoms with Crippen LogP contribution in [0.4, 0.5) is 0 Å². The fourth-order valence-corrected chi connectivity index (χ4v) is 2.82. The van der Waals surface area contributed by atoms with Crippen molar-refractivity contribution in [3.63, 3.8) is 0 Å². The number of piperidine rings is 1. The van der Waals surface area contributed by atoms with Crippen LogP contribution in [0.3, 0.4) is 0 Å². The molecule has 7 heteroatoms. The van der Waals surface area contributed by atoms with Crippen LogP contribution >= 0.6 is 0 Å². The number of carbonyl (C=O) groups excluding carboxylic acids is 1. The van der Waals surface area contributed by atoms with Gasteiger partial charge in [-0.25, -0.2) is 0 Å². The van der Waals surface area contributed by atoms with E-state index in [-0.39, 0.29) is 11.9 Å². The highest BCUT2D eigenvalue weighted by Gasteiger charge is 2.21. The summed E-state index contributed by atoms with van der Waals surface area (Å²) in [5, 5.41) is 3.97. The average molecular weight is 330 g/mol. The molecular weight excluding hydrogens is 308 g/mol. The van der Waals surface area contributed by atoms with Crippen LogP contribution in [0, 0.1) is 0 Å². The van der Waals surface area contributed by atoms with Gasteiger partial charge in [0.05, 0.1) is 7.11 Å². The van der Waals surface area contributed by atoms with Gasteiger partial charge in [-0.2, -0.15) is 4.98 Å². The number of carbonyl (C=O) groups is 1. The Labute approximate surface area is 140 Å². The predicted molar refractivity (Wildman–Crippen MR) is 88.4 cm³/mol. The van der Waals surface area contributed by atoms with Crippen molar-refractivity contribution in [2.45, 2.75) is 31.7 Å². The van der Waals surface area contributed by atoms with Crippen LogP contribution in [0.25, 0.3) is 11.4 Å². The van der Waals surface area contributed by atoms with Gasteiger partial charge in [0.25, 0.3) is 0 Å². The minimum absolute atomic E-state index is 0.0905. The fraction of sp³-hybridized carbons (Fsp3) is 0.471. The third-order valence-electron chi connectivity index (χ3n) is 4.18. The number of hydrogen-bond donors (Lipinski definition) is 1. The highest BCUT2D eigenvalue weighted by Crippen LogP contribution is 2.20. The van der Waals surface area contributed by atoms with Crippen molar-refractivity contribution in [1.82, 2.24) is 15.0 Å². The number of hydrogen-bond acceptors (Lipinski definition) is 6. The second-order valence-electron chi connectivity index (χ2n) is 5.98. The van der Waals surface area contributed by atoms with Crippen molar-refractivity contribution in [3.05, 3.63) is 30.2 Å². The van der Waals surface area contributed by atoms with Gasteiger partial charge >= 0.3 is 0 Å². The predicted octanol–water partition coefficient (Wildman–Crippen LogP) is 1.63. The molecule has 1 atom stereocenters. The van der Waals surface area contributed by atoms with Crippen LogP contribution in [0.1, 0.15) is 25.2 Å².